The normalized spacial score (nSPS) is 11.0. The minimum atomic E-state index is -0.390. The average Bonchev–Trinajstić information content (AvgIpc) is 2.69. The van der Waals surface area contributed by atoms with Gasteiger partial charge < -0.3 is 10.2 Å². The number of benzene rings is 1. The molecule has 0 fully saturated rings. The zero-order valence-corrected chi connectivity index (χ0v) is 10.3. The van der Waals surface area contributed by atoms with Gasteiger partial charge in [0.1, 0.15) is 0 Å². The fourth-order valence-corrected chi connectivity index (χ4v) is 1.95. The highest BCUT2D eigenvalue weighted by molar-refractivity contribution is 5.98. The molecule has 2 aromatic rings. The lowest BCUT2D eigenvalue weighted by atomic mass is 10.1. The molecule has 0 atom stereocenters. The molecule has 1 aromatic heterocycles. The van der Waals surface area contributed by atoms with Gasteiger partial charge in [0.15, 0.2) is 11.4 Å². The van der Waals surface area contributed by atoms with Crippen LogP contribution >= 0.6 is 0 Å². The van der Waals surface area contributed by atoms with Gasteiger partial charge in [-0.2, -0.15) is 0 Å². The molecule has 18 heavy (non-hydrogen) atoms. The van der Waals surface area contributed by atoms with Crippen LogP contribution in [0.1, 0.15) is 30.1 Å². The van der Waals surface area contributed by atoms with Crippen LogP contribution in [0.15, 0.2) is 27.4 Å². The Bertz CT molecular complexity index is 625. The highest BCUT2D eigenvalue weighted by Crippen LogP contribution is 2.16. The summed E-state index contributed by atoms with van der Waals surface area (Å²) in [6.07, 6.45) is 1.08. The Hall–Kier alpha value is -1.88. The van der Waals surface area contributed by atoms with Crippen molar-refractivity contribution in [3.63, 3.8) is 0 Å². The molecule has 0 aliphatic rings. The molecule has 96 valence electrons. The topological polar surface area (TPSA) is 78.2 Å². The minimum Gasteiger partial charge on any atom is -0.408 e. The third kappa shape index (κ3) is 2.22. The van der Waals surface area contributed by atoms with E-state index in [1.807, 2.05) is 6.92 Å². The smallest absolute Gasteiger partial charge is 0.408 e. The summed E-state index contributed by atoms with van der Waals surface area (Å²) in [4.78, 5) is 23.3. The van der Waals surface area contributed by atoms with E-state index in [1.165, 1.54) is 4.57 Å². The number of aromatic nitrogens is 1. The zero-order valence-electron chi connectivity index (χ0n) is 10.3. The molecule has 0 amide bonds. The van der Waals surface area contributed by atoms with Gasteiger partial charge in [0, 0.05) is 18.5 Å². The molecule has 5 nitrogen and oxygen atoms in total. The molecule has 2 N–H and O–H groups in total. The van der Waals surface area contributed by atoms with Crippen molar-refractivity contribution in [1.29, 1.82) is 0 Å². The Morgan fingerprint density at radius 2 is 2.22 bits per heavy atom. The average molecular weight is 248 g/mol. The predicted octanol–water partition coefficient (Wildman–Crippen LogP) is 1.54. The van der Waals surface area contributed by atoms with Gasteiger partial charge in [0.25, 0.3) is 0 Å². The van der Waals surface area contributed by atoms with Gasteiger partial charge in [-0.1, -0.05) is 0 Å². The van der Waals surface area contributed by atoms with Crippen molar-refractivity contribution < 1.29 is 9.21 Å². The summed E-state index contributed by atoms with van der Waals surface area (Å²) in [5, 5.41) is 0. The SMILES string of the molecule is CCn1c(=O)oc2cc(C(=O)CCCN)ccc21. The Morgan fingerprint density at radius 3 is 2.89 bits per heavy atom. The van der Waals surface area contributed by atoms with E-state index in [0.717, 1.165) is 5.52 Å². The molecule has 0 radical (unpaired) electrons. The summed E-state index contributed by atoms with van der Waals surface area (Å²) in [5.41, 5.74) is 7.11. The summed E-state index contributed by atoms with van der Waals surface area (Å²) in [5.74, 6) is -0.367. The Morgan fingerprint density at radius 1 is 1.44 bits per heavy atom. The number of carbonyl (C=O) groups excluding carboxylic acids is 1. The standard InChI is InChI=1S/C13H16N2O3/c1-2-15-10-6-5-9(11(16)4-3-7-14)8-12(10)18-13(15)17/h5-6,8H,2-4,7,14H2,1H3. The first kappa shape index (κ1) is 12.6. The predicted molar refractivity (Wildman–Crippen MR) is 68.8 cm³/mol. The number of carbonyl (C=O) groups is 1. The van der Waals surface area contributed by atoms with Crippen LogP contribution in [0.2, 0.25) is 0 Å². The van der Waals surface area contributed by atoms with Gasteiger partial charge >= 0.3 is 5.76 Å². The minimum absolute atomic E-state index is 0.0225. The van der Waals surface area contributed by atoms with Crippen LogP contribution in [0.5, 0.6) is 0 Å². The third-order valence-corrected chi connectivity index (χ3v) is 2.91. The molecule has 0 spiro atoms. The largest absolute Gasteiger partial charge is 0.419 e. The number of hydrogen-bond acceptors (Lipinski definition) is 4. The molecule has 0 saturated heterocycles. The number of nitrogens with zero attached hydrogens (tertiary/aromatic N) is 1. The first-order chi connectivity index (χ1) is 8.67. The van der Waals surface area contributed by atoms with Gasteiger partial charge in [-0.05, 0) is 38.1 Å². The van der Waals surface area contributed by atoms with Crippen molar-refractivity contribution in [1.82, 2.24) is 4.57 Å². The van der Waals surface area contributed by atoms with Crippen LogP contribution in [0.3, 0.4) is 0 Å². The maximum absolute atomic E-state index is 11.8. The first-order valence-electron chi connectivity index (χ1n) is 6.04. The Balaban J connectivity index is 2.39. The molecule has 0 aliphatic heterocycles. The number of oxazole rings is 1. The number of nitrogens with two attached hydrogens (primary N) is 1. The van der Waals surface area contributed by atoms with Crippen molar-refractivity contribution in [3.8, 4) is 0 Å². The van der Waals surface area contributed by atoms with Crippen LogP contribution in [0.25, 0.3) is 11.1 Å². The number of aryl methyl sites for hydroxylation is 1. The first-order valence-corrected chi connectivity index (χ1v) is 6.04. The quantitative estimate of drug-likeness (QED) is 0.814. The maximum atomic E-state index is 11.8. The van der Waals surface area contributed by atoms with Gasteiger partial charge in [0.05, 0.1) is 5.52 Å². The van der Waals surface area contributed by atoms with Crippen molar-refractivity contribution in [3.05, 3.63) is 34.3 Å². The zero-order chi connectivity index (χ0) is 13.1. The summed E-state index contributed by atoms with van der Waals surface area (Å²) >= 11 is 0. The van der Waals surface area contributed by atoms with E-state index in [-0.39, 0.29) is 11.5 Å². The fraction of sp³-hybridized carbons (Fsp3) is 0.385. The molecule has 1 aromatic carbocycles. The van der Waals surface area contributed by atoms with Crippen LogP contribution in [-0.2, 0) is 6.54 Å². The van der Waals surface area contributed by atoms with Crippen LogP contribution in [-0.4, -0.2) is 16.9 Å². The lowest BCUT2D eigenvalue weighted by Gasteiger charge is -2.00. The summed E-state index contributed by atoms with van der Waals surface area (Å²) in [6, 6.07) is 5.10. The summed E-state index contributed by atoms with van der Waals surface area (Å²) in [6.45, 7) is 2.91. The molecule has 1 heterocycles. The number of fused-ring (bicyclic) bond motifs is 1. The third-order valence-electron chi connectivity index (χ3n) is 2.91. The molecular weight excluding hydrogens is 232 g/mol. The van der Waals surface area contributed by atoms with Gasteiger partial charge in [-0.25, -0.2) is 4.79 Å². The fourth-order valence-electron chi connectivity index (χ4n) is 1.95. The van der Waals surface area contributed by atoms with Crippen molar-refractivity contribution in [2.45, 2.75) is 26.3 Å². The van der Waals surface area contributed by atoms with E-state index in [4.69, 9.17) is 10.2 Å². The molecular formula is C13H16N2O3. The van der Waals surface area contributed by atoms with Crippen LogP contribution in [0, 0.1) is 0 Å². The molecule has 0 saturated carbocycles. The summed E-state index contributed by atoms with van der Waals surface area (Å²) < 4.78 is 6.65. The van der Waals surface area contributed by atoms with Crippen LogP contribution < -0.4 is 11.5 Å². The molecule has 0 unspecified atom stereocenters. The van der Waals surface area contributed by atoms with Crippen molar-refractivity contribution >= 4 is 16.9 Å². The van der Waals surface area contributed by atoms with Gasteiger partial charge in [-0.3, -0.25) is 9.36 Å². The van der Waals surface area contributed by atoms with E-state index in [0.29, 0.717) is 37.1 Å². The molecule has 5 heteroatoms. The highest BCUT2D eigenvalue weighted by atomic mass is 16.4. The van der Waals surface area contributed by atoms with E-state index in [1.54, 1.807) is 18.2 Å². The Labute approximate surface area is 104 Å². The van der Waals surface area contributed by atoms with E-state index < -0.39 is 0 Å². The molecule has 0 aliphatic carbocycles. The maximum Gasteiger partial charge on any atom is 0.419 e. The number of rotatable bonds is 5. The number of Topliss-reactive ketones (excluding diaryl/α,β-unsaturated/α-hetero) is 1. The summed E-state index contributed by atoms with van der Waals surface area (Å²) in [7, 11) is 0. The van der Waals surface area contributed by atoms with Crippen molar-refractivity contribution in [2.24, 2.45) is 5.73 Å². The Kier molecular flexibility index (Phi) is 3.62. The second-order valence-corrected chi connectivity index (χ2v) is 4.11. The van der Waals surface area contributed by atoms with Crippen LogP contribution in [0.4, 0.5) is 0 Å². The lowest BCUT2D eigenvalue weighted by molar-refractivity contribution is 0.0981. The van der Waals surface area contributed by atoms with E-state index in [2.05, 4.69) is 0 Å². The van der Waals surface area contributed by atoms with E-state index >= 15 is 0 Å². The van der Waals surface area contributed by atoms with Gasteiger partial charge in [0.2, 0.25) is 0 Å². The molecule has 0 bridgehead atoms. The lowest BCUT2D eigenvalue weighted by Crippen LogP contribution is -2.11. The number of hydrogen-bond donors (Lipinski definition) is 1. The highest BCUT2D eigenvalue weighted by Gasteiger charge is 2.11. The monoisotopic (exact) mass is 248 g/mol. The van der Waals surface area contributed by atoms with Crippen molar-refractivity contribution in [2.75, 3.05) is 6.54 Å². The molecule has 2 rings (SSSR count). The second-order valence-electron chi connectivity index (χ2n) is 4.11. The second kappa shape index (κ2) is 5.18. The number of ketones is 1. The van der Waals surface area contributed by atoms with Gasteiger partial charge in [-0.15, -0.1) is 0 Å². The van der Waals surface area contributed by atoms with E-state index in [9.17, 15) is 9.59 Å².